The Bertz CT molecular complexity index is 510. The van der Waals surface area contributed by atoms with Gasteiger partial charge in [0.15, 0.2) is 5.96 Å². The SMILES string of the molecule is CCCN1CCC(NC(=NC)NCCCc2ccccc2Cl)CC1. The van der Waals surface area contributed by atoms with Crippen LogP contribution >= 0.6 is 11.6 Å². The molecule has 5 heteroatoms. The molecule has 134 valence electrons. The zero-order chi connectivity index (χ0) is 17.2. The molecule has 2 N–H and O–H groups in total. The molecule has 1 saturated heterocycles. The highest BCUT2D eigenvalue weighted by Crippen LogP contribution is 2.16. The average Bonchev–Trinajstić information content (AvgIpc) is 2.61. The van der Waals surface area contributed by atoms with Crippen LogP contribution < -0.4 is 10.6 Å². The normalized spacial score (nSPS) is 17.0. The van der Waals surface area contributed by atoms with Crippen LogP contribution in [-0.2, 0) is 6.42 Å². The molecule has 0 radical (unpaired) electrons. The molecule has 0 saturated carbocycles. The van der Waals surface area contributed by atoms with Crippen LogP contribution in [0.3, 0.4) is 0 Å². The van der Waals surface area contributed by atoms with E-state index in [0.717, 1.165) is 30.4 Å². The van der Waals surface area contributed by atoms with Crippen molar-refractivity contribution in [3.05, 3.63) is 34.9 Å². The van der Waals surface area contributed by atoms with Gasteiger partial charge < -0.3 is 15.5 Å². The van der Waals surface area contributed by atoms with E-state index in [4.69, 9.17) is 11.6 Å². The molecule has 1 aromatic rings. The summed E-state index contributed by atoms with van der Waals surface area (Å²) in [5, 5.41) is 7.85. The van der Waals surface area contributed by atoms with Crippen molar-refractivity contribution in [3.63, 3.8) is 0 Å². The van der Waals surface area contributed by atoms with Gasteiger partial charge in [0.1, 0.15) is 0 Å². The molecule has 0 unspecified atom stereocenters. The van der Waals surface area contributed by atoms with Crippen molar-refractivity contribution in [1.29, 1.82) is 0 Å². The van der Waals surface area contributed by atoms with Crippen molar-refractivity contribution in [1.82, 2.24) is 15.5 Å². The number of hydrogen-bond acceptors (Lipinski definition) is 2. The fourth-order valence-electron chi connectivity index (χ4n) is 3.19. The number of hydrogen-bond donors (Lipinski definition) is 2. The topological polar surface area (TPSA) is 39.7 Å². The fraction of sp³-hybridized carbons (Fsp3) is 0.632. The van der Waals surface area contributed by atoms with Crippen molar-refractivity contribution < 1.29 is 0 Å². The fourth-order valence-corrected chi connectivity index (χ4v) is 3.42. The van der Waals surface area contributed by atoms with Crippen LogP contribution in [-0.4, -0.2) is 50.1 Å². The second kappa shape index (κ2) is 10.6. The second-order valence-electron chi connectivity index (χ2n) is 6.45. The molecule has 4 nitrogen and oxygen atoms in total. The Hall–Kier alpha value is -1.26. The molecule has 1 aliphatic rings. The third-order valence-corrected chi connectivity index (χ3v) is 4.93. The summed E-state index contributed by atoms with van der Waals surface area (Å²) < 4.78 is 0. The monoisotopic (exact) mass is 350 g/mol. The number of aliphatic imine (C=N–C) groups is 1. The third-order valence-electron chi connectivity index (χ3n) is 4.57. The summed E-state index contributed by atoms with van der Waals surface area (Å²) in [6, 6.07) is 8.60. The maximum Gasteiger partial charge on any atom is 0.191 e. The summed E-state index contributed by atoms with van der Waals surface area (Å²) >= 11 is 6.20. The van der Waals surface area contributed by atoms with Crippen molar-refractivity contribution in [2.75, 3.05) is 33.2 Å². The lowest BCUT2D eigenvalue weighted by Gasteiger charge is -2.32. The second-order valence-corrected chi connectivity index (χ2v) is 6.86. The minimum atomic E-state index is 0.535. The number of nitrogens with one attached hydrogen (secondary N) is 2. The summed E-state index contributed by atoms with van der Waals surface area (Å²) in [6.07, 6.45) is 5.66. The zero-order valence-electron chi connectivity index (χ0n) is 15.0. The smallest absolute Gasteiger partial charge is 0.191 e. The first-order chi connectivity index (χ1) is 11.7. The zero-order valence-corrected chi connectivity index (χ0v) is 15.8. The van der Waals surface area contributed by atoms with Crippen LogP contribution in [0.15, 0.2) is 29.3 Å². The number of likely N-dealkylation sites (tertiary alicyclic amines) is 1. The first kappa shape index (κ1) is 19.1. The van der Waals surface area contributed by atoms with Crippen molar-refractivity contribution in [2.24, 2.45) is 4.99 Å². The summed E-state index contributed by atoms with van der Waals surface area (Å²) in [4.78, 5) is 6.91. The molecule has 0 amide bonds. The molecule has 0 aliphatic carbocycles. The van der Waals surface area contributed by atoms with Crippen LogP contribution in [0.2, 0.25) is 5.02 Å². The number of aryl methyl sites for hydroxylation is 1. The molecule has 1 fully saturated rings. The van der Waals surface area contributed by atoms with Gasteiger partial charge in [-0.05, 0) is 50.3 Å². The molecular weight excluding hydrogens is 320 g/mol. The van der Waals surface area contributed by atoms with E-state index in [1.54, 1.807) is 0 Å². The first-order valence-corrected chi connectivity index (χ1v) is 9.53. The van der Waals surface area contributed by atoms with Gasteiger partial charge in [-0.1, -0.05) is 36.7 Å². The van der Waals surface area contributed by atoms with Crippen molar-refractivity contribution >= 4 is 17.6 Å². The van der Waals surface area contributed by atoms with Gasteiger partial charge in [0.2, 0.25) is 0 Å². The van der Waals surface area contributed by atoms with E-state index >= 15 is 0 Å². The highest BCUT2D eigenvalue weighted by molar-refractivity contribution is 6.31. The standard InChI is InChI=1S/C19H31ClN4/c1-3-13-24-14-10-17(11-15-24)23-19(21-2)22-12-6-8-16-7-4-5-9-18(16)20/h4-5,7,9,17H,3,6,8,10-15H2,1-2H3,(H2,21,22,23). The van der Waals surface area contributed by atoms with E-state index < -0.39 is 0 Å². The number of guanidine groups is 1. The van der Waals surface area contributed by atoms with E-state index in [0.29, 0.717) is 6.04 Å². The molecular formula is C19H31ClN4. The van der Waals surface area contributed by atoms with Crippen LogP contribution in [0.25, 0.3) is 0 Å². The van der Waals surface area contributed by atoms with Gasteiger partial charge >= 0.3 is 0 Å². The van der Waals surface area contributed by atoms with Crippen LogP contribution in [0.5, 0.6) is 0 Å². The molecule has 2 rings (SSSR count). The molecule has 1 aromatic carbocycles. The lowest BCUT2D eigenvalue weighted by Crippen LogP contribution is -2.48. The van der Waals surface area contributed by atoms with Gasteiger partial charge in [0, 0.05) is 37.7 Å². The van der Waals surface area contributed by atoms with E-state index in [1.165, 1.54) is 44.5 Å². The number of nitrogens with zero attached hydrogens (tertiary/aromatic N) is 2. The minimum Gasteiger partial charge on any atom is -0.356 e. The first-order valence-electron chi connectivity index (χ1n) is 9.16. The van der Waals surface area contributed by atoms with E-state index in [-0.39, 0.29) is 0 Å². The van der Waals surface area contributed by atoms with Crippen LogP contribution in [0.4, 0.5) is 0 Å². The number of rotatable bonds is 7. The maximum absolute atomic E-state index is 6.20. The summed E-state index contributed by atoms with van der Waals surface area (Å²) in [6.45, 7) is 6.75. The van der Waals surface area contributed by atoms with Crippen LogP contribution in [0, 0.1) is 0 Å². The highest BCUT2D eigenvalue weighted by Gasteiger charge is 2.19. The predicted octanol–water partition coefficient (Wildman–Crippen LogP) is 3.31. The predicted molar refractivity (Wildman–Crippen MR) is 104 cm³/mol. The van der Waals surface area contributed by atoms with Gasteiger partial charge in [-0.25, -0.2) is 0 Å². The Labute approximate surface area is 151 Å². The third kappa shape index (κ3) is 6.33. The molecule has 0 aromatic heterocycles. The Morgan fingerprint density at radius 2 is 2.04 bits per heavy atom. The van der Waals surface area contributed by atoms with E-state index in [2.05, 4.69) is 33.5 Å². The van der Waals surface area contributed by atoms with Gasteiger partial charge in [-0.3, -0.25) is 4.99 Å². The van der Waals surface area contributed by atoms with Gasteiger partial charge in [-0.15, -0.1) is 0 Å². The van der Waals surface area contributed by atoms with Gasteiger partial charge in [0.05, 0.1) is 0 Å². The minimum absolute atomic E-state index is 0.535. The van der Waals surface area contributed by atoms with Gasteiger partial charge in [0.25, 0.3) is 0 Å². The van der Waals surface area contributed by atoms with Crippen molar-refractivity contribution in [3.8, 4) is 0 Å². The Morgan fingerprint density at radius 1 is 1.29 bits per heavy atom. The lowest BCUT2D eigenvalue weighted by atomic mass is 10.1. The molecule has 1 aliphatic heterocycles. The summed E-state index contributed by atoms with van der Waals surface area (Å²) in [5.74, 6) is 0.920. The molecule has 0 bridgehead atoms. The molecule has 1 heterocycles. The Morgan fingerprint density at radius 3 is 2.71 bits per heavy atom. The number of piperidine rings is 1. The van der Waals surface area contributed by atoms with Crippen molar-refractivity contribution in [2.45, 2.75) is 45.1 Å². The van der Waals surface area contributed by atoms with E-state index in [9.17, 15) is 0 Å². The van der Waals surface area contributed by atoms with Crippen LogP contribution in [0.1, 0.15) is 38.2 Å². The van der Waals surface area contributed by atoms with Gasteiger partial charge in [-0.2, -0.15) is 0 Å². The van der Waals surface area contributed by atoms with E-state index in [1.807, 2.05) is 25.2 Å². The number of halogens is 1. The Balaban J connectivity index is 1.65. The molecule has 24 heavy (non-hydrogen) atoms. The highest BCUT2D eigenvalue weighted by atomic mass is 35.5. The lowest BCUT2D eigenvalue weighted by molar-refractivity contribution is 0.206. The number of benzene rings is 1. The quantitative estimate of drug-likeness (QED) is 0.450. The Kier molecular flexibility index (Phi) is 8.40. The largest absolute Gasteiger partial charge is 0.356 e. The summed E-state index contributed by atoms with van der Waals surface area (Å²) in [5.41, 5.74) is 1.22. The molecule has 0 atom stereocenters. The molecule has 0 spiro atoms. The average molecular weight is 351 g/mol. The summed E-state index contributed by atoms with van der Waals surface area (Å²) in [7, 11) is 1.84. The maximum atomic E-state index is 6.20.